The summed E-state index contributed by atoms with van der Waals surface area (Å²) in [4.78, 5) is 25.9. The van der Waals surface area contributed by atoms with E-state index in [9.17, 15) is 18.0 Å². The predicted molar refractivity (Wildman–Crippen MR) is 113 cm³/mol. The largest absolute Gasteiger partial charge is 0.452 e. The molecule has 0 bridgehead atoms. The number of ether oxygens (including phenoxy) is 1. The molecule has 0 aliphatic heterocycles. The van der Waals surface area contributed by atoms with E-state index in [0.717, 1.165) is 24.5 Å². The third-order valence-corrected chi connectivity index (χ3v) is 6.74. The summed E-state index contributed by atoms with van der Waals surface area (Å²) in [6.07, 6.45) is 1.50. The number of amides is 1. The van der Waals surface area contributed by atoms with Crippen molar-refractivity contribution in [3.63, 3.8) is 0 Å². The number of esters is 1. The Morgan fingerprint density at radius 3 is 2.43 bits per heavy atom. The highest BCUT2D eigenvalue weighted by molar-refractivity contribution is 7.89. The predicted octanol–water partition coefficient (Wildman–Crippen LogP) is 3.25. The van der Waals surface area contributed by atoms with Gasteiger partial charge in [-0.25, -0.2) is 17.9 Å². The highest BCUT2D eigenvalue weighted by Gasteiger charge is 2.30. The van der Waals surface area contributed by atoms with Gasteiger partial charge in [0.15, 0.2) is 6.61 Å². The highest BCUT2D eigenvalue weighted by atomic mass is 35.5. The minimum absolute atomic E-state index is 0.0690. The molecule has 7 nitrogen and oxygen atoms in total. The van der Waals surface area contributed by atoms with Crippen LogP contribution >= 0.6 is 23.2 Å². The van der Waals surface area contributed by atoms with E-state index in [0.29, 0.717) is 6.54 Å². The molecule has 0 saturated heterocycles. The minimum atomic E-state index is -3.90. The van der Waals surface area contributed by atoms with Crippen LogP contribution in [0.2, 0.25) is 10.0 Å². The summed E-state index contributed by atoms with van der Waals surface area (Å²) < 4.78 is 32.5. The normalized spacial score (nSPS) is 13.7. The number of hydrogen-bond acceptors (Lipinski definition) is 5. The van der Waals surface area contributed by atoms with Gasteiger partial charge in [0, 0.05) is 19.6 Å². The molecule has 1 saturated carbocycles. The van der Waals surface area contributed by atoms with Crippen molar-refractivity contribution in [2.45, 2.75) is 30.3 Å². The third-order valence-electron chi connectivity index (χ3n) is 4.45. The Bertz CT molecular complexity index is 1060. The van der Waals surface area contributed by atoms with Gasteiger partial charge in [0.05, 0.1) is 15.6 Å². The molecule has 1 N–H and O–H groups in total. The first-order valence-corrected chi connectivity index (χ1v) is 11.4. The number of benzene rings is 2. The molecule has 1 aliphatic carbocycles. The maximum Gasteiger partial charge on any atom is 0.340 e. The van der Waals surface area contributed by atoms with Crippen LogP contribution in [0.15, 0.2) is 47.4 Å². The lowest BCUT2D eigenvalue weighted by Gasteiger charge is -2.17. The van der Waals surface area contributed by atoms with Crippen LogP contribution in [0.1, 0.15) is 28.8 Å². The van der Waals surface area contributed by atoms with Gasteiger partial charge < -0.3 is 9.64 Å². The average Bonchev–Trinajstić information content (AvgIpc) is 3.49. The molecule has 3 rings (SSSR count). The molecular weight excluding hydrogens is 451 g/mol. The lowest BCUT2D eigenvalue weighted by molar-refractivity contribution is -0.133. The van der Waals surface area contributed by atoms with Crippen LogP contribution in [0.5, 0.6) is 0 Å². The Kier molecular flexibility index (Phi) is 7.02. The van der Waals surface area contributed by atoms with Gasteiger partial charge in [0.1, 0.15) is 4.90 Å². The van der Waals surface area contributed by atoms with E-state index in [4.69, 9.17) is 27.9 Å². The fraction of sp³-hybridized carbons (Fsp3) is 0.300. The number of likely N-dealkylation sites (N-methyl/N-ethyl adjacent to an activating group) is 1. The zero-order valence-corrected chi connectivity index (χ0v) is 18.4. The molecule has 1 amide bonds. The van der Waals surface area contributed by atoms with Crippen LogP contribution in [-0.2, 0) is 26.1 Å². The summed E-state index contributed by atoms with van der Waals surface area (Å²) in [6, 6.07) is 11.5. The molecule has 0 radical (unpaired) electrons. The lowest BCUT2D eigenvalue weighted by Crippen LogP contribution is -2.31. The van der Waals surface area contributed by atoms with Crippen molar-refractivity contribution < 1.29 is 22.7 Å². The topological polar surface area (TPSA) is 92.8 Å². The van der Waals surface area contributed by atoms with E-state index >= 15 is 0 Å². The molecule has 0 spiro atoms. The van der Waals surface area contributed by atoms with E-state index in [1.807, 2.05) is 30.3 Å². The van der Waals surface area contributed by atoms with Gasteiger partial charge in [-0.2, -0.15) is 0 Å². The summed E-state index contributed by atoms with van der Waals surface area (Å²) >= 11 is 12.1. The first-order valence-electron chi connectivity index (χ1n) is 9.14. The number of hydrogen-bond donors (Lipinski definition) is 1. The maximum atomic E-state index is 12.5. The molecule has 2 aromatic rings. The standard InChI is InChI=1S/C20H20Cl2N2O5S/c1-24(11-13-5-3-2-4-6-13)19(25)12-29-20(26)15-9-18(17(22)10-16(15)21)30(27,28)23-14-7-8-14/h2-6,9-10,14,23H,7-8,11-12H2,1H3. The SMILES string of the molecule is CN(Cc1ccccc1)C(=O)COC(=O)c1cc(S(=O)(=O)NC2CC2)c(Cl)cc1Cl. The van der Waals surface area contributed by atoms with Crippen LogP contribution in [0.3, 0.4) is 0 Å². The fourth-order valence-electron chi connectivity index (χ4n) is 2.64. The van der Waals surface area contributed by atoms with Crippen LogP contribution in [0.25, 0.3) is 0 Å². The second-order valence-corrected chi connectivity index (χ2v) is 9.47. The monoisotopic (exact) mass is 470 g/mol. The summed E-state index contributed by atoms with van der Waals surface area (Å²) in [5.74, 6) is -1.33. The van der Waals surface area contributed by atoms with E-state index < -0.39 is 28.5 Å². The zero-order valence-electron chi connectivity index (χ0n) is 16.1. The number of rotatable bonds is 8. The zero-order chi connectivity index (χ0) is 21.9. The summed E-state index contributed by atoms with van der Waals surface area (Å²) in [5.41, 5.74) is 0.745. The number of nitrogens with zero attached hydrogens (tertiary/aromatic N) is 1. The van der Waals surface area contributed by atoms with E-state index in [2.05, 4.69) is 4.72 Å². The number of halogens is 2. The third kappa shape index (κ3) is 5.72. The Morgan fingerprint density at radius 1 is 1.13 bits per heavy atom. The van der Waals surface area contributed by atoms with Crippen LogP contribution < -0.4 is 4.72 Å². The van der Waals surface area contributed by atoms with Gasteiger partial charge in [0.2, 0.25) is 10.0 Å². The number of carbonyl (C=O) groups is 2. The summed E-state index contributed by atoms with van der Waals surface area (Å²) in [7, 11) is -2.31. The van der Waals surface area contributed by atoms with Crippen molar-refractivity contribution in [1.82, 2.24) is 9.62 Å². The molecule has 2 aromatic carbocycles. The van der Waals surface area contributed by atoms with Crippen molar-refractivity contribution in [2.75, 3.05) is 13.7 Å². The molecule has 10 heteroatoms. The van der Waals surface area contributed by atoms with Crippen molar-refractivity contribution in [2.24, 2.45) is 0 Å². The Balaban J connectivity index is 1.67. The van der Waals surface area contributed by atoms with Gasteiger partial charge in [0.25, 0.3) is 5.91 Å². The van der Waals surface area contributed by atoms with Crippen molar-refractivity contribution in [1.29, 1.82) is 0 Å². The Labute approximate surface area is 185 Å². The minimum Gasteiger partial charge on any atom is -0.452 e. The number of nitrogens with one attached hydrogen (secondary N) is 1. The van der Waals surface area contributed by atoms with E-state index in [1.165, 1.54) is 11.0 Å². The van der Waals surface area contributed by atoms with Crippen molar-refractivity contribution >= 4 is 45.1 Å². The molecular formula is C20H20Cl2N2O5S. The first kappa shape index (κ1) is 22.6. The summed E-state index contributed by atoms with van der Waals surface area (Å²) in [6.45, 7) is -0.155. The molecule has 0 aromatic heterocycles. The molecule has 160 valence electrons. The van der Waals surface area contributed by atoms with Crippen molar-refractivity contribution in [3.05, 3.63) is 63.6 Å². The Hall–Kier alpha value is -2.13. The van der Waals surface area contributed by atoms with E-state index in [-0.39, 0.29) is 26.5 Å². The first-order chi connectivity index (χ1) is 14.2. The molecule has 30 heavy (non-hydrogen) atoms. The van der Waals surface area contributed by atoms with Gasteiger partial charge in [-0.05, 0) is 30.5 Å². The Morgan fingerprint density at radius 2 is 1.80 bits per heavy atom. The maximum absolute atomic E-state index is 12.5. The molecule has 0 unspecified atom stereocenters. The van der Waals surface area contributed by atoms with Crippen LogP contribution in [0.4, 0.5) is 0 Å². The number of sulfonamides is 1. The lowest BCUT2D eigenvalue weighted by atomic mass is 10.2. The molecule has 1 fully saturated rings. The molecule has 0 atom stereocenters. The second kappa shape index (κ2) is 9.34. The van der Waals surface area contributed by atoms with Crippen molar-refractivity contribution in [3.8, 4) is 0 Å². The second-order valence-electron chi connectivity index (χ2n) is 6.97. The average molecular weight is 471 g/mol. The fourth-order valence-corrected chi connectivity index (χ4v) is 4.79. The van der Waals surface area contributed by atoms with Gasteiger partial charge in [-0.1, -0.05) is 53.5 Å². The van der Waals surface area contributed by atoms with E-state index in [1.54, 1.807) is 7.05 Å². The molecule has 0 heterocycles. The van der Waals surface area contributed by atoms with Crippen LogP contribution in [0, 0.1) is 0 Å². The number of carbonyl (C=O) groups excluding carboxylic acids is 2. The smallest absolute Gasteiger partial charge is 0.340 e. The van der Waals surface area contributed by atoms with Gasteiger partial charge >= 0.3 is 5.97 Å². The van der Waals surface area contributed by atoms with Crippen LogP contribution in [-0.4, -0.2) is 44.9 Å². The quantitative estimate of drug-likeness (QED) is 0.597. The highest BCUT2D eigenvalue weighted by Crippen LogP contribution is 2.31. The molecule has 1 aliphatic rings. The van der Waals surface area contributed by atoms with Gasteiger partial charge in [-0.3, -0.25) is 4.79 Å². The summed E-state index contributed by atoms with van der Waals surface area (Å²) in [5, 5.41) is -0.177. The van der Waals surface area contributed by atoms with Gasteiger partial charge in [-0.15, -0.1) is 0 Å².